The molecule has 5 nitrogen and oxygen atoms in total. The van der Waals surface area contributed by atoms with E-state index in [0.717, 1.165) is 11.7 Å². The molecule has 0 saturated heterocycles. The van der Waals surface area contributed by atoms with Crippen molar-refractivity contribution < 1.29 is 17.8 Å². The molecule has 0 aliphatic carbocycles. The second kappa shape index (κ2) is 8.41. The van der Waals surface area contributed by atoms with Crippen molar-refractivity contribution in [3.8, 4) is 5.69 Å². The zero-order valence-corrected chi connectivity index (χ0v) is 18.5. The summed E-state index contributed by atoms with van der Waals surface area (Å²) in [7, 11) is 2.10. The average Bonchev–Trinajstić information content (AvgIpc) is 3.12. The molecule has 1 heterocycles. The summed E-state index contributed by atoms with van der Waals surface area (Å²) in [5.41, 5.74) is 6.31. The lowest BCUT2D eigenvalue weighted by atomic mass is 10.1. The molecular weight excluding hydrogens is 368 g/mol. The van der Waals surface area contributed by atoms with Gasteiger partial charge in [0.15, 0.2) is 0 Å². The normalized spacial score (nSPS) is 11.8. The number of benzene rings is 2. The number of nitrogens with zero attached hydrogens (tertiary/aromatic N) is 2. The van der Waals surface area contributed by atoms with Crippen LogP contribution < -0.4 is 9.75 Å². The van der Waals surface area contributed by atoms with Crippen LogP contribution in [0.4, 0.5) is 0 Å². The zero-order chi connectivity index (χ0) is 20.3. The standard InChI is InChI=1S/C22H29N2O3Si/c1-17-13-18(2)22(19(3)14-17)24-12-11-23(16-24)15-20-7-9-21(10-8-20)28(25-4,26-5)27-6/h7-14,16H,15H2,1-6H3/q+1. The summed E-state index contributed by atoms with van der Waals surface area (Å²) in [6, 6.07) is 12.7. The van der Waals surface area contributed by atoms with Crippen molar-refractivity contribution in [2.45, 2.75) is 27.3 Å². The Morgan fingerprint density at radius 1 is 0.893 bits per heavy atom. The van der Waals surface area contributed by atoms with E-state index in [1.165, 1.54) is 27.9 Å². The lowest BCUT2D eigenvalue weighted by Crippen LogP contribution is -2.54. The minimum Gasteiger partial charge on any atom is -0.373 e. The zero-order valence-electron chi connectivity index (χ0n) is 17.5. The van der Waals surface area contributed by atoms with E-state index in [9.17, 15) is 0 Å². The number of aromatic nitrogens is 2. The van der Waals surface area contributed by atoms with Crippen LogP contribution in [0.15, 0.2) is 55.1 Å². The molecule has 0 unspecified atom stereocenters. The highest BCUT2D eigenvalue weighted by Crippen LogP contribution is 2.20. The van der Waals surface area contributed by atoms with Gasteiger partial charge in [0.05, 0.1) is 0 Å². The predicted octanol–water partition coefficient (Wildman–Crippen LogP) is 2.82. The molecule has 0 atom stereocenters. The lowest BCUT2D eigenvalue weighted by molar-refractivity contribution is -0.687. The summed E-state index contributed by atoms with van der Waals surface area (Å²) in [5, 5.41) is 0.956. The Balaban J connectivity index is 1.81. The summed E-state index contributed by atoms with van der Waals surface area (Å²) in [6.07, 6.45) is 6.35. The van der Waals surface area contributed by atoms with E-state index in [1.807, 2.05) is 12.1 Å². The fourth-order valence-corrected chi connectivity index (χ4v) is 5.61. The van der Waals surface area contributed by atoms with E-state index < -0.39 is 8.80 Å². The fraction of sp³-hybridized carbons (Fsp3) is 0.318. The summed E-state index contributed by atoms with van der Waals surface area (Å²) >= 11 is 0. The number of rotatable bonds is 7. The second-order valence-electron chi connectivity index (χ2n) is 7.11. The van der Waals surface area contributed by atoms with Gasteiger partial charge >= 0.3 is 8.80 Å². The molecule has 0 N–H and O–H groups in total. The van der Waals surface area contributed by atoms with Gasteiger partial charge in [0, 0.05) is 26.5 Å². The van der Waals surface area contributed by atoms with Crippen LogP contribution in [-0.4, -0.2) is 34.7 Å². The first-order valence-corrected chi connectivity index (χ1v) is 11.0. The molecule has 0 spiro atoms. The largest absolute Gasteiger partial charge is 0.536 e. The molecule has 148 valence electrons. The van der Waals surface area contributed by atoms with Crippen LogP contribution in [0.2, 0.25) is 0 Å². The highest BCUT2D eigenvalue weighted by atomic mass is 28.4. The van der Waals surface area contributed by atoms with Gasteiger partial charge in [-0.05, 0) is 37.5 Å². The molecule has 1 aromatic heterocycles. The van der Waals surface area contributed by atoms with Crippen molar-refractivity contribution >= 4 is 14.0 Å². The predicted molar refractivity (Wildman–Crippen MR) is 112 cm³/mol. The van der Waals surface area contributed by atoms with Crippen molar-refractivity contribution in [1.29, 1.82) is 0 Å². The minimum absolute atomic E-state index is 0.790. The number of imidazole rings is 1. The quantitative estimate of drug-likeness (QED) is 0.454. The first kappa shape index (κ1) is 20.5. The van der Waals surface area contributed by atoms with Gasteiger partial charge in [-0.2, -0.15) is 0 Å². The van der Waals surface area contributed by atoms with Gasteiger partial charge in [-0.1, -0.05) is 42.0 Å². The van der Waals surface area contributed by atoms with E-state index in [-0.39, 0.29) is 0 Å². The molecule has 0 aliphatic heterocycles. The maximum atomic E-state index is 5.55. The second-order valence-corrected chi connectivity index (χ2v) is 10.0. The number of hydrogen-bond donors (Lipinski definition) is 0. The number of hydrogen-bond acceptors (Lipinski definition) is 3. The molecular formula is C22H29N2O3Si+. The average molecular weight is 398 g/mol. The van der Waals surface area contributed by atoms with Gasteiger partial charge in [0.1, 0.15) is 24.6 Å². The highest BCUT2D eigenvalue weighted by Gasteiger charge is 2.40. The van der Waals surface area contributed by atoms with Gasteiger partial charge in [-0.25, -0.2) is 9.13 Å². The summed E-state index contributed by atoms with van der Waals surface area (Å²) < 4.78 is 21.0. The highest BCUT2D eigenvalue weighted by molar-refractivity contribution is 6.75. The number of aryl methyl sites for hydroxylation is 3. The van der Waals surface area contributed by atoms with E-state index in [2.05, 4.69) is 72.9 Å². The topological polar surface area (TPSA) is 36.5 Å². The van der Waals surface area contributed by atoms with Crippen molar-refractivity contribution in [3.63, 3.8) is 0 Å². The SMILES string of the molecule is CO[Si](OC)(OC)c1ccc(C[n+]2ccn(-c3c(C)cc(C)cc3C)c2)cc1. The molecule has 0 fully saturated rings. The Labute approximate surface area is 168 Å². The van der Waals surface area contributed by atoms with Crippen molar-refractivity contribution in [1.82, 2.24) is 4.57 Å². The Kier molecular flexibility index (Phi) is 6.15. The Morgan fingerprint density at radius 2 is 1.46 bits per heavy atom. The molecule has 0 bridgehead atoms. The Hall–Kier alpha value is -2.25. The van der Waals surface area contributed by atoms with E-state index in [0.29, 0.717) is 0 Å². The molecule has 28 heavy (non-hydrogen) atoms. The van der Waals surface area contributed by atoms with Crippen LogP contribution in [-0.2, 0) is 19.8 Å². The third-order valence-electron chi connectivity index (χ3n) is 5.06. The smallest absolute Gasteiger partial charge is 0.373 e. The fourth-order valence-electron chi connectivity index (χ4n) is 3.83. The maximum absolute atomic E-state index is 5.55. The van der Waals surface area contributed by atoms with Crippen molar-refractivity contribution in [2.75, 3.05) is 21.3 Å². The van der Waals surface area contributed by atoms with Gasteiger partial charge in [0.2, 0.25) is 6.33 Å². The van der Waals surface area contributed by atoms with Crippen molar-refractivity contribution in [2.24, 2.45) is 0 Å². The first-order chi connectivity index (χ1) is 13.4. The van der Waals surface area contributed by atoms with Crippen LogP contribution in [0.3, 0.4) is 0 Å². The van der Waals surface area contributed by atoms with E-state index in [4.69, 9.17) is 13.3 Å². The Bertz CT molecular complexity index is 915. The van der Waals surface area contributed by atoms with Crippen LogP contribution in [0.1, 0.15) is 22.3 Å². The molecule has 3 aromatic rings. The van der Waals surface area contributed by atoms with Crippen LogP contribution in [0, 0.1) is 20.8 Å². The summed E-state index contributed by atoms with van der Waals surface area (Å²) in [4.78, 5) is 0. The lowest BCUT2D eigenvalue weighted by Gasteiger charge is -2.24. The monoisotopic (exact) mass is 397 g/mol. The molecule has 6 heteroatoms. The van der Waals surface area contributed by atoms with Crippen LogP contribution in [0.5, 0.6) is 0 Å². The van der Waals surface area contributed by atoms with Gasteiger partial charge < -0.3 is 13.3 Å². The summed E-state index contributed by atoms with van der Waals surface area (Å²) in [5.74, 6) is 0. The summed E-state index contributed by atoms with van der Waals surface area (Å²) in [6.45, 7) is 7.25. The van der Waals surface area contributed by atoms with E-state index in [1.54, 1.807) is 21.3 Å². The first-order valence-electron chi connectivity index (χ1n) is 9.32. The van der Waals surface area contributed by atoms with Crippen LogP contribution >= 0.6 is 0 Å². The third kappa shape index (κ3) is 3.95. The molecule has 0 saturated carbocycles. The maximum Gasteiger partial charge on any atom is 0.536 e. The van der Waals surface area contributed by atoms with Crippen LogP contribution in [0.25, 0.3) is 5.69 Å². The molecule has 0 aliphatic rings. The molecule has 0 radical (unpaired) electrons. The Morgan fingerprint density at radius 3 is 2.00 bits per heavy atom. The molecule has 2 aromatic carbocycles. The van der Waals surface area contributed by atoms with Crippen molar-refractivity contribution in [3.05, 3.63) is 77.4 Å². The third-order valence-corrected chi connectivity index (χ3v) is 7.72. The van der Waals surface area contributed by atoms with Gasteiger partial charge in [0.25, 0.3) is 0 Å². The molecule has 3 rings (SSSR count). The van der Waals surface area contributed by atoms with E-state index >= 15 is 0 Å². The van der Waals surface area contributed by atoms with Gasteiger partial charge in [-0.15, -0.1) is 0 Å². The molecule has 0 amide bonds. The van der Waals surface area contributed by atoms with Gasteiger partial charge in [-0.3, -0.25) is 0 Å². The minimum atomic E-state index is -2.78.